The van der Waals surface area contributed by atoms with Gasteiger partial charge in [0.05, 0.1) is 45.3 Å². The first-order valence-corrected chi connectivity index (χ1v) is 12.2. The molecule has 2 amide bonds. The van der Waals surface area contributed by atoms with E-state index in [1.54, 1.807) is 4.90 Å². The maximum Gasteiger partial charge on any atom is 0.227 e. The molecule has 0 saturated carbocycles. The highest BCUT2D eigenvalue weighted by Crippen LogP contribution is 2.26. The molecule has 0 aromatic heterocycles. The number of anilines is 1. The van der Waals surface area contributed by atoms with Crippen molar-refractivity contribution in [2.45, 2.75) is 32.7 Å². The van der Waals surface area contributed by atoms with Gasteiger partial charge in [0.2, 0.25) is 11.8 Å². The normalized spacial score (nSPS) is 12.0. The van der Waals surface area contributed by atoms with Gasteiger partial charge in [0, 0.05) is 37.1 Å². The second-order valence-corrected chi connectivity index (χ2v) is 8.09. The quantitative estimate of drug-likeness (QED) is 0.333. The van der Waals surface area contributed by atoms with Crippen LogP contribution in [-0.4, -0.2) is 58.0 Å². The fraction of sp³-hybridized carbons (Fsp3) is 0.429. The molecule has 35 heavy (non-hydrogen) atoms. The number of hydrogen-bond donors (Lipinski definition) is 1. The van der Waals surface area contributed by atoms with E-state index in [0.29, 0.717) is 46.1 Å². The first kappa shape index (κ1) is 26.4. The zero-order valence-electron chi connectivity index (χ0n) is 20.4. The fourth-order valence-electron chi connectivity index (χ4n) is 3.60. The van der Waals surface area contributed by atoms with Crippen LogP contribution in [0.15, 0.2) is 48.5 Å². The molecule has 1 aliphatic rings. The maximum atomic E-state index is 13.1. The van der Waals surface area contributed by atoms with Crippen molar-refractivity contribution in [1.82, 2.24) is 5.32 Å². The molecule has 0 saturated heterocycles. The van der Waals surface area contributed by atoms with Gasteiger partial charge in [-0.3, -0.25) is 9.59 Å². The fourth-order valence-corrected chi connectivity index (χ4v) is 3.60. The Kier molecular flexibility index (Phi) is 11.3. The zero-order valence-corrected chi connectivity index (χ0v) is 20.4. The van der Waals surface area contributed by atoms with E-state index in [1.807, 2.05) is 48.5 Å². The van der Waals surface area contributed by atoms with E-state index in [0.717, 1.165) is 35.4 Å². The van der Waals surface area contributed by atoms with E-state index in [1.165, 1.54) is 0 Å². The molecule has 2 aromatic rings. The lowest BCUT2D eigenvalue weighted by Crippen LogP contribution is -2.34. The van der Waals surface area contributed by atoms with Gasteiger partial charge in [-0.1, -0.05) is 49.1 Å². The summed E-state index contributed by atoms with van der Waals surface area (Å²) in [4.78, 5) is 27.1. The second-order valence-electron chi connectivity index (χ2n) is 8.09. The number of para-hydroxylation sites is 1. The number of rotatable bonds is 14. The van der Waals surface area contributed by atoms with Crippen molar-refractivity contribution >= 4 is 17.5 Å². The monoisotopic (exact) mass is 478 g/mol. The van der Waals surface area contributed by atoms with Crippen LogP contribution in [0.1, 0.15) is 42.9 Å². The molecular formula is C28H34N2O5. The molecule has 3 rings (SSSR count). The predicted molar refractivity (Wildman–Crippen MR) is 135 cm³/mol. The van der Waals surface area contributed by atoms with Crippen LogP contribution >= 0.6 is 0 Å². The molecule has 0 fully saturated rings. The van der Waals surface area contributed by atoms with Crippen molar-refractivity contribution in [1.29, 1.82) is 0 Å². The van der Waals surface area contributed by atoms with Crippen LogP contribution < -0.4 is 10.2 Å². The van der Waals surface area contributed by atoms with Crippen LogP contribution in [0, 0.1) is 11.8 Å². The molecule has 7 nitrogen and oxygen atoms in total. The molecule has 7 heteroatoms. The highest BCUT2D eigenvalue weighted by atomic mass is 16.5. The summed E-state index contributed by atoms with van der Waals surface area (Å²) in [5.74, 6) is 6.11. The van der Waals surface area contributed by atoms with Gasteiger partial charge in [0.1, 0.15) is 0 Å². The number of ether oxygens (including phenoxy) is 3. The van der Waals surface area contributed by atoms with E-state index in [9.17, 15) is 9.59 Å². The molecule has 0 bridgehead atoms. The summed E-state index contributed by atoms with van der Waals surface area (Å²) in [6, 6.07) is 15.4. The van der Waals surface area contributed by atoms with Gasteiger partial charge >= 0.3 is 0 Å². The summed E-state index contributed by atoms with van der Waals surface area (Å²) in [6.45, 7) is 6.10. The molecular weight excluding hydrogens is 444 g/mol. The topological polar surface area (TPSA) is 77.1 Å². The summed E-state index contributed by atoms with van der Waals surface area (Å²) >= 11 is 0. The molecule has 1 N–H and O–H groups in total. The Balaban J connectivity index is 1.39. The van der Waals surface area contributed by atoms with Crippen LogP contribution in [0.4, 0.5) is 5.69 Å². The lowest BCUT2D eigenvalue weighted by Gasteiger charge is -2.26. The number of hydrogen-bond acceptors (Lipinski definition) is 5. The van der Waals surface area contributed by atoms with E-state index >= 15 is 0 Å². The highest BCUT2D eigenvalue weighted by molar-refractivity contribution is 5.96. The van der Waals surface area contributed by atoms with Gasteiger partial charge in [-0.15, -0.1) is 0 Å². The number of carbonyl (C=O) groups excluding carboxylic acids is 2. The maximum absolute atomic E-state index is 13.1. The standard InChI is InChI=1S/C28H34N2O5/c1-2-16-33-18-20-35-21-19-34-17-15-29-27(31)13-14-28(32)30-22-25-9-4-3-7-23(25)11-12-24-8-5-6-10-26(24)30/h3-10H,2,13-22H2,1H3,(H,29,31). The molecule has 1 aliphatic heterocycles. The molecule has 0 atom stereocenters. The number of fused-ring (bicyclic) bond motifs is 2. The highest BCUT2D eigenvalue weighted by Gasteiger charge is 2.21. The Bertz CT molecular complexity index is 1030. The second kappa shape index (κ2) is 14.9. The van der Waals surface area contributed by atoms with Gasteiger partial charge in [-0.05, 0) is 30.2 Å². The van der Waals surface area contributed by atoms with Crippen LogP contribution in [0.25, 0.3) is 0 Å². The predicted octanol–water partition coefficient (Wildman–Crippen LogP) is 3.29. The minimum atomic E-state index is -0.174. The van der Waals surface area contributed by atoms with E-state index in [2.05, 4.69) is 24.1 Å². The SMILES string of the molecule is CCCOCCOCCOCCNC(=O)CCC(=O)N1Cc2ccccc2C#Cc2ccccc21. The smallest absolute Gasteiger partial charge is 0.227 e. The summed E-state index contributed by atoms with van der Waals surface area (Å²) in [5, 5.41) is 2.81. The molecule has 186 valence electrons. The lowest BCUT2D eigenvalue weighted by molar-refractivity contribution is -0.125. The molecule has 2 aromatic carbocycles. The number of nitrogens with one attached hydrogen (secondary N) is 1. The summed E-state index contributed by atoms with van der Waals surface area (Å²) in [5.41, 5.74) is 3.47. The molecule has 0 unspecified atom stereocenters. The van der Waals surface area contributed by atoms with Gasteiger partial charge < -0.3 is 24.4 Å². The number of benzene rings is 2. The summed E-state index contributed by atoms with van der Waals surface area (Å²) in [7, 11) is 0. The largest absolute Gasteiger partial charge is 0.379 e. The molecule has 0 radical (unpaired) electrons. The van der Waals surface area contributed by atoms with Crippen LogP contribution in [0.2, 0.25) is 0 Å². The zero-order chi connectivity index (χ0) is 24.7. The van der Waals surface area contributed by atoms with Crippen molar-refractivity contribution in [3.8, 4) is 11.8 Å². The molecule has 0 spiro atoms. The lowest BCUT2D eigenvalue weighted by atomic mass is 10.0. The van der Waals surface area contributed by atoms with Gasteiger partial charge in [-0.25, -0.2) is 0 Å². The Morgan fingerprint density at radius 1 is 0.829 bits per heavy atom. The molecule has 1 heterocycles. The first-order valence-electron chi connectivity index (χ1n) is 12.2. The Hall–Kier alpha value is -3.18. The van der Waals surface area contributed by atoms with Crippen molar-refractivity contribution in [2.24, 2.45) is 0 Å². The first-order chi connectivity index (χ1) is 17.2. The van der Waals surface area contributed by atoms with Crippen molar-refractivity contribution in [3.63, 3.8) is 0 Å². The summed E-state index contributed by atoms with van der Waals surface area (Å²) < 4.78 is 16.2. The number of carbonyl (C=O) groups is 2. The third kappa shape index (κ3) is 8.84. The third-order valence-electron chi connectivity index (χ3n) is 5.40. The minimum absolute atomic E-state index is 0.109. The van der Waals surface area contributed by atoms with Crippen molar-refractivity contribution in [2.75, 3.05) is 51.1 Å². The van der Waals surface area contributed by atoms with Crippen LogP contribution in [0.5, 0.6) is 0 Å². The van der Waals surface area contributed by atoms with E-state index in [4.69, 9.17) is 14.2 Å². The van der Waals surface area contributed by atoms with Gasteiger partial charge in [0.25, 0.3) is 0 Å². The number of nitrogens with zero attached hydrogens (tertiary/aromatic N) is 1. The average molecular weight is 479 g/mol. The van der Waals surface area contributed by atoms with Crippen LogP contribution in [0.3, 0.4) is 0 Å². The average Bonchev–Trinajstić information content (AvgIpc) is 2.87. The van der Waals surface area contributed by atoms with E-state index in [-0.39, 0.29) is 24.7 Å². The van der Waals surface area contributed by atoms with E-state index < -0.39 is 0 Å². The summed E-state index contributed by atoms with van der Waals surface area (Å²) in [6.07, 6.45) is 1.23. The van der Waals surface area contributed by atoms with Crippen molar-refractivity contribution in [3.05, 3.63) is 65.2 Å². The Morgan fingerprint density at radius 2 is 1.46 bits per heavy atom. The van der Waals surface area contributed by atoms with Gasteiger partial charge in [0.15, 0.2) is 0 Å². The minimum Gasteiger partial charge on any atom is -0.379 e. The van der Waals surface area contributed by atoms with Crippen molar-refractivity contribution < 1.29 is 23.8 Å². The van der Waals surface area contributed by atoms with Gasteiger partial charge in [-0.2, -0.15) is 0 Å². The Morgan fingerprint density at radius 3 is 2.23 bits per heavy atom. The number of amides is 2. The molecule has 0 aliphatic carbocycles. The third-order valence-corrected chi connectivity index (χ3v) is 5.40. The Labute approximate surface area is 207 Å². The van der Waals surface area contributed by atoms with Crippen LogP contribution in [-0.2, 0) is 30.3 Å².